The standard InChI is InChI=1S/C23H29N3O3S/c27-23(20-10-12-21(13-11-20)30(28,29)26-16-6-7-17-26)24-18-22(25-14-4-5-15-25)19-8-2-1-3-9-19/h1-3,8-13,22H,4-7,14-18H2,(H,24,27). The van der Waals surface area contributed by atoms with Crippen LogP contribution in [-0.2, 0) is 10.0 Å². The van der Waals surface area contributed by atoms with Crippen LogP contribution in [0.25, 0.3) is 0 Å². The third-order valence-corrected chi connectivity index (χ3v) is 7.95. The van der Waals surface area contributed by atoms with Gasteiger partial charge in [0.1, 0.15) is 0 Å². The topological polar surface area (TPSA) is 69.7 Å². The number of sulfonamides is 1. The van der Waals surface area contributed by atoms with Gasteiger partial charge < -0.3 is 5.32 Å². The van der Waals surface area contributed by atoms with Gasteiger partial charge >= 0.3 is 0 Å². The van der Waals surface area contributed by atoms with Crippen molar-refractivity contribution in [3.05, 3.63) is 65.7 Å². The summed E-state index contributed by atoms with van der Waals surface area (Å²) < 4.78 is 26.8. The molecule has 2 aliphatic heterocycles. The first kappa shape index (κ1) is 21.0. The summed E-state index contributed by atoms with van der Waals surface area (Å²) in [5.74, 6) is -0.180. The number of nitrogens with zero attached hydrogens (tertiary/aromatic N) is 2. The molecule has 0 aliphatic carbocycles. The van der Waals surface area contributed by atoms with Gasteiger partial charge in [-0.15, -0.1) is 0 Å². The molecule has 4 rings (SSSR count). The van der Waals surface area contributed by atoms with E-state index in [4.69, 9.17) is 0 Å². The van der Waals surface area contributed by atoms with E-state index in [-0.39, 0.29) is 16.8 Å². The molecule has 1 atom stereocenters. The molecule has 1 unspecified atom stereocenters. The molecule has 2 fully saturated rings. The SMILES string of the molecule is O=C(NCC(c1ccccc1)N1CCCC1)c1ccc(S(=O)(=O)N2CCCC2)cc1. The van der Waals surface area contributed by atoms with E-state index in [1.807, 2.05) is 18.2 Å². The van der Waals surface area contributed by atoms with Crippen molar-refractivity contribution in [2.24, 2.45) is 0 Å². The first-order chi connectivity index (χ1) is 14.6. The molecular formula is C23H29N3O3S. The van der Waals surface area contributed by atoms with Crippen LogP contribution in [0.4, 0.5) is 0 Å². The summed E-state index contributed by atoms with van der Waals surface area (Å²) in [6.45, 7) is 3.75. The van der Waals surface area contributed by atoms with E-state index in [9.17, 15) is 13.2 Å². The van der Waals surface area contributed by atoms with Crippen LogP contribution in [0, 0.1) is 0 Å². The molecule has 0 spiro atoms. The number of rotatable bonds is 7. The van der Waals surface area contributed by atoms with Crippen LogP contribution < -0.4 is 5.32 Å². The molecule has 1 N–H and O–H groups in total. The first-order valence-corrected chi connectivity index (χ1v) is 12.2. The zero-order valence-corrected chi connectivity index (χ0v) is 18.0. The second-order valence-corrected chi connectivity index (χ2v) is 9.95. The van der Waals surface area contributed by atoms with Crippen molar-refractivity contribution in [1.82, 2.24) is 14.5 Å². The molecule has 2 aliphatic rings. The molecule has 6 nitrogen and oxygen atoms in total. The number of carbonyl (C=O) groups is 1. The molecule has 2 saturated heterocycles. The smallest absolute Gasteiger partial charge is 0.251 e. The van der Waals surface area contributed by atoms with Crippen molar-refractivity contribution in [1.29, 1.82) is 0 Å². The number of likely N-dealkylation sites (tertiary alicyclic amines) is 1. The molecule has 2 aromatic rings. The van der Waals surface area contributed by atoms with Crippen LogP contribution in [0.5, 0.6) is 0 Å². The third kappa shape index (κ3) is 4.58. The minimum Gasteiger partial charge on any atom is -0.350 e. The van der Waals surface area contributed by atoms with E-state index < -0.39 is 10.0 Å². The highest BCUT2D eigenvalue weighted by atomic mass is 32.2. The summed E-state index contributed by atoms with van der Waals surface area (Å²) in [4.78, 5) is 15.4. The molecule has 2 aromatic carbocycles. The average molecular weight is 428 g/mol. The monoisotopic (exact) mass is 427 g/mol. The van der Waals surface area contributed by atoms with Gasteiger partial charge in [0.2, 0.25) is 10.0 Å². The van der Waals surface area contributed by atoms with Crippen molar-refractivity contribution in [3.63, 3.8) is 0 Å². The van der Waals surface area contributed by atoms with Gasteiger partial charge in [-0.25, -0.2) is 8.42 Å². The Morgan fingerprint density at radius 2 is 1.47 bits per heavy atom. The highest BCUT2D eigenvalue weighted by molar-refractivity contribution is 7.89. The molecule has 0 aromatic heterocycles. The summed E-state index contributed by atoms with van der Waals surface area (Å²) in [6, 6.07) is 16.7. The maximum Gasteiger partial charge on any atom is 0.251 e. The fourth-order valence-corrected chi connectivity index (χ4v) is 5.85. The number of carbonyl (C=O) groups excluding carboxylic acids is 1. The molecule has 7 heteroatoms. The number of hydrogen-bond donors (Lipinski definition) is 1. The quantitative estimate of drug-likeness (QED) is 0.737. The summed E-state index contributed by atoms with van der Waals surface area (Å²) in [7, 11) is -3.46. The lowest BCUT2D eigenvalue weighted by Gasteiger charge is -2.28. The van der Waals surface area contributed by atoms with Crippen LogP contribution in [0.3, 0.4) is 0 Å². The van der Waals surface area contributed by atoms with Crippen LogP contribution in [-0.4, -0.2) is 56.3 Å². The highest BCUT2D eigenvalue weighted by Crippen LogP contribution is 2.25. The Morgan fingerprint density at radius 3 is 2.10 bits per heavy atom. The molecular weight excluding hydrogens is 398 g/mol. The van der Waals surface area contributed by atoms with Crippen LogP contribution in [0.1, 0.15) is 47.6 Å². The number of nitrogens with one attached hydrogen (secondary N) is 1. The summed E-state index contributed by atoms with van der Waals surface area (Å²) >= 11 is 0. The lowest BCUT2D eigenvalue weighted by Crippen LogP contribution is -2.36. The van der Waals surface area contributed by atoms with E-state index in [1.54, 1.807) is 12.1 Å². The van der Waals surface area contributed by atoms with Crippen molar-refractivity contribution in [2.45, 2.75) is 36.6 Å². The third-order valence-electron chi connectivity index (χ3n) is 6.04. The molecule has 30 heavy (non-hydrogen) atoms. The second kappa shape index (κ2) is 9.29. The molecule has 160 valence electrons. The lowest BCUT2D eigenvalue weighted by molar-refractivity contribution is 0.0938. The van der Waals surface area contributed by atoms with E-state index >= 15 is 0 Å². The number of hydrogen-bond acceptors (Lipinski definition) is 4. The molecule has 0 saturated carbocycles. The highest BCUT2D eigenvalue weighted by Gasteiger charge is 2.27. The fourth-order valence-electron chi connectivity index (χ4n) is 4.33. The van der Waals surface area contributed by atoms with Crippen LogP contribution in [0.15, 0.2) is 59.5 Å². The Labute approximate surface area is 178 Å². The van der Waals surface area contributed by atoms with E-state index in [0.29, 0.717) is 25.2 Å². The molecule has 0 bridgehead atoms. The van der Waals surface area contributed by atoms with Gasteiger partial charge in [-0.05, 0) is 68.6 Å². The Kier molecular flexibility index (Phi) is 6.51. The maximum absolute atomic E-state index is 12.7. The van der Waals surface area contributed by atoms with E-state index in [1.165, 1.54) is 34.8 Å². The van der Waals surface area contributed by atoms with E-state index in [2.05, 4.69) is 22.3 Å². The van der Waals surface area contributed by atoms with Crippen molar-refractivity contribution < 1.29 is 13.2 Å². The van der Waals surface area contributed by atoms with Gasteiger partial charge in [-0.2, -0.15) is 4.31 Å². The van der Waals surface area contributed by atoms with Gasteiger partial charge in [-0.1, -0.05) is 30.3 Å². The van der Waals surface area contributed by atoms with Gasteiger partial charge in [0.15, 0.2) is 0 Å². The van der Waals surface area contributed by atoms with Gasteiger partial charge in [-0.3, -0.25) is 9.69 Å². The largest absolute Gasteiger partial charge is 0.350 e. The Hall–Kier alpha value is -2.22. The second-order valence-electron chi connectivity index (χ2n) is 8.02. The summed E-state index contributed by atoms with van der Waals surface area (Å²) in [5.41, 5.74) is 1.68. The van der Waals surface area contributed by atoms with Crippen molar-refractivity contribution in [3.8, 4) is 0 Å². The maximum atomic E-state index is 12.7. The zero-order chi connectivity index (χ0) is 21.0. The number of amides is 1. The Morgan fingerprint density at radius 1 is 0.867 bits per heavy atom. The van der Waals surface area contributed by atoms with Crippen molar-refractivity contribution in [2.75, 3.05) is 32.7 Å². The molecule has 2 heterocycles. The fraction of sp³-hybridized carbons (Fsp3) is 0.435. The van der Waals surface area contributed by atoms with Gasteiger partial charge in [0.25, 0.3) is 5.91 Å². The van der Waals surface area contributed by atoms with E-state index in [0.717, 1.165) is 25.9 Å². The van der Waals surface area contributed by atoms with Crippen molar-refractivity contribution >= 4 is 15.9 Å². The first-order valence-electron chi connectivity index (χ1n) is 10.7. The Bertz CT molecular complexity index is 949. The summed E-state index contributed by atoms with van der Waals surface area (Å²) in [5, 5.41) is 3.05. The molecule has 0 radical (unpaired) electrons. The summed E-state index contributed by atoms with van der Waals surface area (Å²) in [6.07, 6.45) is 4.17. The predicted molar refractivity (Wildman–Crippen MR) is 117 cm³/mol. The molecule has 1 amide bonds. The van der Waals surface area contributed by atoms with Gasteiger partial charge in [0.05, 0.1) is 10.9 Å². The van der Waals surface area contributed by atoms with Gasteiger partial charge in [0, 0.05) is 25.2 Å². The minimum atomic E-state index is -3.46. The zero-order valence-electron chi connectivity index (χ0n) is 17.2. The normalized spacial score (nSPS) is 19.1. The predicted octanol–water partition coefficient (Wildman–Crippen LogP) is 3.04. The van der Waals surface area contributed by atoms with Crippen LogP contribution >= 0.6 is 0 Å². The number of benzene rings is 2. The minimum absolute atomic E-state index is 0.146. The average Bonchev–Trinajstić information content (AvgIpc) is 3.49. The lowest BCUT2D eigenvalue weighted by atomic mass is 10.1. The Balaban J connectivity index is 1.42. The van der Waals surface area contributed by atoms with Crippen LogP contribution in [0.2, 0.25) is 0 Å².